The Morgan fingerprint density at radius 2 is 2.05 bits per heavy atom. The fourth-order valence-electron chi connectivity index (χ4n) is 2.53. The molecule has 2 heterocycles. The standard InChI is InChI=1S/C16H18N2O/c1-10(2)18-9-17-16-13(18)8-11(3)12(4)15(16)14-6-5-7-19-14/h5-10H,1-4H3. The van der Waals surface area contributed by atoms with E-state index in [-0.39, 0.29) is 0 Å². The maximum atomic E-state index is 5.58. The highest BCUT2D eigenvalue weighted by Crippen LogP contribution is 2.34. The first kappa shape index (κ1) is 12.0. The van der Waals surface area contributed by atoms with Crippen molar-refractivity contribution >= 4 is 11.0 Å². The van der Waals surface area contributed by atoms with Crippen LogP contribution >= 0.6 is 0 Å². The largest absolute Gasteiger partial charge is 0.464 e. The van der Waals surface area contributed by atoms with E-state index < -0.39 is 0 Å². The lowest BCUT2D eigenvalue weighted by Gasteiger charge is -2.12. The molecule has 0 aliphatic rings. The van der Waals surface area contributed by atoms with Gasteiger partial charge in [0.15, 0.2) is 0 Å². The molecule has 0 unspecified atom stereocenters. The number of aromatic nitrogens is 2. The van der Waals surface area contributed by atoms with Gasteiger partial charge in [0.25, 0.3) is 0 Å². The molecular weight excluding hydrogens is 236 g/mol. The number of nitrogens with zero attached hydrogens (tertiary/aromatic N) is 2. The lowest BCUT2D eigenvalue weighted by atomic mass is 9.99. The molecule has 0 saturated heterocycles. The fourth-order valence-corrected chi connectivity index (χ4v) is 2.53. The zero-order chi connectivity index (χ0) is 13.6. The van der Waals surface area contributed by atoms with Gasteiger partial charge in [-0.3, -0.25) is 0 Å². The van der Waals surface area contributed by atoms with Crippen LogP contribution in [0.25, 0.3) is 22.4 Å². The van der Waals surface area contributed by atoms with E-state index in [1.54, 1.807) is 6.26 Å². The second kappa shape index (κ2) is 4.26. The number of fused-ring (bicyclic) bond motifs is 1. The van der Waals surface area contributed by atoms with Crippen LogP contribution in [0.5, 0.6) is 0 Å². The van der Waals surface area contributed by atoms with Gasteiger partial charge in [-0.15, -0.1) is 0 Å². The number of aryl methyl sites for hydroxylation is 1. The normalized spacial score (nSPS) is 11.6. The number of benzene rings is 1. The average Bonchev–Trinajstić information content (AvgIpc) is 2.99. The van der Waals surface area contributed by atoms with Crippen LogP contribution in [-0.4, -0.2) is 9.55 Å². The molecule has 98 valence electrons. The molecular formula is C16H18N2O. The molecule has 3 rings (SSSR count). The maximum Gasteiger partial charge on any atom is 0.136 e. The molecule has 0 bridgehead atoms. The summed E-state index contributed by atoms with van der Waals surface area (Å²) in [4.78, 5) is 4.60. The first-order valence-corrected chi connectivity index (χ1v) is 6.60. The number of furan rings is 1. The summed E-state index contributed by atoms with van der Waals surface area (Å²) >= 11 is 0. The SMILES string of the molecule is Cc1cc2c(ncn2C(C)C)c(-c2ccco2)c1C. The van der Waals surface area contributed by atoms with Gasteiger partial charge >= 0.3 is 0 Å². The summed E-state index contributed by atoms with van der Waals surface area (Å²) in [6.45, 7) is 8.60. The molecule has 0 spiro atoms. The Kier molecular flexibility index (Phi) is 2.70. The number of imidazole rings is 1. The summed E-state index contributed by atoms with van der Waals surface area (Å²) in [5.41, 5.74) is 5.80. The van der Waals surface area contributed by atoms with Crippen LogP contribution in [0, 0.1) is 13.8 Å². The molecule has 0 atom stereocenters. The Morgan fingerprint density at radius 3 is 2.68 bits per heavy atom. The second-order valence-corrected chi connectivity index (χ2v) is 5.28. The lowest BCUT2D eigenvalue weighted by Crippen LogP contribution is -1.99. The summed E-state index contributed by atoms with van der Waals surface area (Å²) in [5.74, 6) is 0.889. The van der Waals surface area contributed by atoms with E-state index in [1.807, 2.05) is 18.5 Å². The highest BCUT2D eigenvalue weighted by molar-refractivity contribution is 5.93. The zero-order valence-corrected chi connectivity index (χ0v) is 11.8. The molecule has 3 nitrogen and oxygen atoms in total. The van der Waals surface area contributed by atoms with Crippen LogP contribution < -0.4 is 0 Å². The summed E-state index contributed by atoms with van der Waals surface area (Å²) < 4.78 is 7.79. The minimum atomic E-state index is 0.400. The van der Waals surface area contributed by atoms with E-state index in [9.17, 15) is 0 Å². The van der Waals surface area contributed by atoms with Gasteiger partial charge in [-0.25, -0.2) is 4.98 Å². The quantitative estimate of drug-likeness (QED) is 0.674. The highest BCUT2D eigenvalue weighted by Gasteiger charge is 2.16. The smallest absolute Gasteiger partial charge is 0.136 e. The van der Waals surface area contributed by atoms with Crippen LogP contribution in [0.1, 0.15) is 31.0 Å². The zero-order valence-electron chi connectivity index (χ0n) is 11.8. The molecule has 19 heavy (non-hydrogen) atoms. The number of hydrogen-bond donors (Lipinski definition) is 0. The Labute approximate surface area is 112 Å². The van der Waals surface area contributed by atoms with Crippen molar-refractivity contribution in [2.24, 2.45) is 0 Å². The second-order valence-electron chi connectivity index (χ2n) is 5.28. The fraction of sp³-hybridized carbons (Fsp3) is 0.312. The van der Waals surface area contributed by atoms with E-state index in [4.69, 9.17) is 4.42 Å². The van der Waals surface area contributed by atoms with Crippen molar-refractivity contribution in [2.75, 3.05) is 0 Å². The van der Waals surface area contributed by atoms with E-state index in [0.717, 1.165) is 16.8 Å². The Morgan fingerprint density at radius 1 is 1.26 bits per heavy atom. The van der Waals surface area contributed by atoms with Crippen LogP contribution in [-0.2, 0) is 0 Å². The number of rotatable bonds is 2. The van der Waals surface area contributed by atoms with E-state index in [0.29, 0.717) is 6.04 Å². The predicted octanol–water partition coefficient (Wildman–Crippen LogP) is 4.49. The van der Waals surface area contributed by atoms with Crippen LogP contribution in [0.4, 0.5) is 0 Å². The molecule has 0 amide bonds. The molecule has 0 N–H and O–H groups in total. The van der Waals surface area contributed by atoms with Gasteiger partial charge in [0.05, 0.1) is 23.6 Å². The summed E-state index contributed by atoms with van der Waals surface area (Å²) in [6, 6.07) is 6.53. The van der Waals surface area contributed by atoms with Crippen molar-refractivity contribution in [3.63, 3.8) is 0 Å². The molecule has 0 radical (unpaired) electrons. The minimum Gasteiger partial charge on any atom is -0.464 e. The van der Waals surface area contributed by atoms with Crippen LogP contribution in [0.15, 0.2) is 35.2 Å². The molecule has 3 heteroatoms. The van der Waals surface area contributed by atoms with Crippen LogP contribution in [0.2, 0.25) is 0 Å². The summed E-state index contributed by atoms with van der Waals surface area (Å²) in [6.07, 6.45) is 3.63. The summed E-state index contributed by atoms with van der Waals surface area (Å²) in [7, 11) is 0. The van der Waals surface area contributed by atoms with Gasteiger partial charge in [0.1, 0.15) is 5.76 Å². The van der Waals surface area contributed by atoms with Gasteiger partial charge in [0.2, 0.25) is 0 Å². The first-order valence-electron chi connectivity index (χ1n) is 6.60. The summed E-state index contributed by atoms with van der Waals surface area (Å²) in [5, 5.41) is 0. The molecule has 0 saturated carbocycles. The van der Waals surface area contributed by atoms with Crippen LogP contribution in [0.3, 0.4) is 0 Å². The average molecular weight is 254 g/mol. The third-order valence-electron chi connectivity index (χ3n) is 3.71. The van der Waals surface area contributed by atoms with Crippen molar-refractivity contribution in [1.82, 2.24) is 9.55 Å². The molecule has 0 fully saturated rings. The van der Waals surface area contributed by atoms with Crippen molar-refractivity contribution in [3.8, 4) is 11.3 Å². The van der Waals surface area contributed by atoms with E-state index in [2.05, 4.69) is 43.3 Å². The van der Waals surface area contributed by atoms with Gasteiger partial charge in [0, 0.05) is 11.6 Å². The molecule has 3 aromatic rings. The number of hydrogen-bond acceptors (Lipinski definition) is 2. The lowest BCUT2D eigenvalue weighted by molar-refractivity contribution is 0.582. The van der Waals surface area contributed by atoms with Gasteiger partial charge < -0.3 is 8.98 Å². The maximum absolute atomic E-state index is 5.58. The first-order chi connectivity index (χ1) is 9.09. The predicted molar refractivity (Wildman–Crippen MR) is 77.3 cm³/mol. The van der Waals surface area contributed by atoms with Crippen molar-refractivity contribution in [3.05, 3.63) is 41.9 Å². The van der Waals surface area contributed by atoms with E-state index in [1.165, 1.54) is 16.6 Å². The van der Waals surface area contributed by atoms with Crippen molar-refractivity contribution in [2.45, 2.75) is 33.7 Å². The Hall–Kier alpha value is -2.03. The third-order valence-corrected chi connectivity index (χ3v) is 3.71. The minimum absolute atomic E-state index is 0.400. The molecule has 1 aromatic carbocycles. The van der Waals surface area contributed by atoms with E-state index >= 15 is 0 Å². The van der Waals surface area contributed by atoms with Crippen molar-refractivity contribution < 1.29 is 4.42 Å². The van der Waals surface area contributed by atoms with Gasteiger partial charge in [-0.05, 0) is 57.0 Å². The Bertz CT molecular complexity index is 721. The Balaban J connectivity index is 2.40. The third kappa shape index (κ3) is 1.77. The van der Waals surface area contributed by atoms with Gasteiger partial charge in [-0.1, -0.05) is 0 Å². The van der Waals surface area contributed by atoms with Crippen molar-refractivity contribution in [1.29, 1.82) is 0 Å². The molecule has 0 aliphatic carbocycles. The van der Waals surface area contributed by atoms with Gasteiger partial charge in [-0.2, -0.15) is 0 Å². The topological polar surface area (TPSA) is 31.0 Å². The molecule has 2 aromatic heterocycles. The highest BCUT2D eigenvalue weighted by atomic mass is 16.3. The molecule has 0 aliphatic heterocycles. The monoisotopic (exact) mass is 254 g/mol.